The number of halogens is 1. The Hall–Kier alpha value is -2.55. The number of nitrogens with zero attached hydrogens (tertiary/aromatic N) is 2. The largest absolute Gasteiger partial charge is 0.461 e. The minimum absolute atomic E-state index is 0.0336. The fourth-order valence-electron chi connectivity index (χ4n) is 1.65. The average molecular weight is 413 g/mol. The van der Waals surface area contributed by atoms with Gasteiger partial charge in [0.05, 0.1) is 18.5 Å². The van der Waals surface area contributed by atoms with E-state index < -0.39 is 17.7 Å². The molecule has 0 aliphatic carbocycles. The van der Waals surface area contributed by atoms with E-state index >= 15 is 0 Å². The van der Waals surface area contributed by atoms with Crippen molar-refractivity contribution >= 4 is 45.6 Å². The Balaban J connectivity index is 0.000000299. The number of ketones is 1. The maximum atomic E-state index is 11.4. The lowest BCUT2D eigenvalue weighted by atomic mass is 10.3. The summed E-state index contributed by atoms with van der Waals surface area (Å²) in [5.41, 5.74) is 1.37. The Bertz CT molecular complexity index is 771. The van der Waals surface area contributed by atoms with Crippen molar-refractivity contribution in [1.82, 2.24) is 9.38 Å². The Morgan fingerprint density at radius 1 is 1.16 bits per heavy atom. The second kappa shape index (κ2) is 10.3. The highest BCUT2D eigenvalue weighted by atomic mass is 79.9. The first kappa shape index (κ1) is 20.5. The predicted molar refractivity (Wildman–Crippen MR) is 92.0 cm³/mol. The lowest BCUT2D eigenvalue weighted by Crippen LogP contribution is -2.17. The summed E-state index contributed by atoms with van der Waals surface area (Å²) in [7, 11) is 0. The maximum Gasteiger partial charge on any atom is 0.375 e. The van der Waals surface area contributed by atoms with Crippen LogP contribution in [-0.4, -0.2) is 51.9 Å². The highest BCUT2D eigenvalue weighted by Gasteiger charge is 2.12. The molecule has 0 amide bonds. The predicted octanol–water partition coefficient (Wildman–Crippen LogP) is 1.84. The Morgan fingerprint density at radius 3 is 2.40 bits per heavy atom. The number of aldehydes is 1. The van der Waals surface area contributed by atoms with Crippen LogP contribution in [0.2, 0.25) is 0 Å². The van der Waals surface area contributed by atoms with Gasteiger partial charge in [0.15, 0.2) is 12.0 Å². The van der Waals surface area contributed by atoms with Gasteiger partial charge in [-0.2, -0.15) is 0 Å². The van der Waals surface area contributed by atoms with Gasteiger partial charge in [-0.3, -0.25) is 9.59 Å². The minimum atomic E-state index is -0.769. The molecule has 2 aromatic heterocycles. The van der Waals surface area contributed by atoms with Crippen LogP contribution in [0.1, 0.15) is 34.7 Å². The van der Waals surface area contributed by atoms with E-state index in [1.807, 2.05) is 0 Å². The molecule has 2 rings (SSSR count). The molecule has 0 N–H and O–H groups in total. The summed E-state index contributed by atoms with van der Waals surface area (Å²) < 4.78 is 10.8. The molecule has 134 valence electrons. The lowest BCUT2D eigenvalue weighted by molar-refractivity contribution is -0.152. The second-order valence-electron chi connectivity index (χ2n) is 4.47. The zero-order valence-electron chi connectivity index (χ0n) is 13.7. The van der Waals surface area contributed by atoms with Crippen LogP contribution in [0.25, 0.3) is 5.65 Å². The fourth-order valence-corrected chi connectivity index (χ4v) is 1.88. The normalized spacial score (nSPS) is 9.72. The van der Waals surface area contributed by atoms with Crippen LogP contribution in [0.5, 0.6) is 0 Å². The van der Waals surface area contributed by atoms with Crippen molar-refractivity contribution in [2.75, 3.05) is 18.5 Å². The molecule has 25 heavy (non-hydrogen) atoms. The number of esters is 2. The number of imidazole rings is 1. The summed E-state index contributed by atoms with van der Waals surface area (Å²) in [4.78, 5) is 46.8. The molecule has 2 aromatic rings. The van der Waals surface area contributed by atoms with Gasteiger partial charge in [-0.15, -0.1) is 0 Å². The smallest absolute Gasteiger partial charge is 0.375 e. The standard InChI is InChI=1S/C11H10N2O3.C5H7BrO3/c1-2-16-11(15)9-6-13-5-8(7-14)3-4-10(13)12-9;1-2-9-5(8)4(7)3-6/h3-7H,2H2,1H3;2-3H2,1H3. The van der Waals surface area contributed by atoms with Gasteiger partial charge in [0.1, 0.15) is 5.65 Å². The van der Waals surface area contributed by atoms with Crippen LogP contribution < -0.4 is 0 Å². The molecule has 0 aliphatic rings. The van der Waals surface area contributed by atoms with E-state index in [-0.39, 0.29) is 17.6 Å². The van der Waals surface area contributed by atoms with Gasteiger partial charge in [-0.05, 0) is 26.0 Å². The molecule has 0 saturated carbocycles. The number of aromatic nitrogens is 2. The zero-order valence-corrected chi connectivity index (χ0v) is 15.3. The molecule has 2 heterocycles. The van der Waals surface area contributed by atoms with Crippen LogP contribution in [0.3, 0.4) is 0 Å². The summed E-state index contributed by atoms with van der Waals surface area (Å²) in [5.74, 6) is -1.77. The van der Waals surface area contributed by atoms with Crippen molar-refractivity contribution in [3.63, 3.8) is 0 Å². The van der Waals surface area contributed by atoms with Gasteiger partial charge >= 0.3 is 11.9 Å². The number of carbonyl (C=O) groups is 4. The van der Waals surface area contributed by atoms with Crippen LogP contribution in [-0.2, 0) is 19.1 Å². The molecule has 0 aliphatic heterocycles. The molecular weight excluding hydrogens is 396 g/mol. The summed E-state index contributed by atoms with van der Waals surface area (Å²) in [5, 5.41) is 0.0336. The molecule has 0 fully saturated rings. The van der Waals surface area contributed by atoms with E-state index in [1.165, 1.54) is 0 Å². The molecule has 0 spiro atoms. The van der Waals surface area contributed by atoms with Crippen molar-refractivity contribution in [3.8, 4) is 0 Å². The van der Waals surface area contributed by atoms with Gasteiger partial charge < -0.3 is 13.9 Å². The third-order valence-corrected chi connectivity index (χ3v) is 3.23. The Labute approximate surface area is 152 Å². The van der Waals surface area contributed by atoms with E-state index in [0.717, 1.165) is 6.29 Å². The molecule has 8 nitrogen and oxygen atoms in total. The van der Waals surface area contributed by atoms with Crippen molar-refractivity contribution in [1.29, 1.82) is 0 Å². The van der Waals surface area contributed by atoms with Crippen LogP contribution in [0.4, 0.5) is 0 Å². The molecule has 0 atom stereocenters. The first-order valence-corrected chi connectivity index (χ1v) is 8.45. The monoisotopic (exact) mass is 412 g/mol. The van der Waals surface area contributed by atoms with Crippen LogP contribution in [0.15, 0.2) is 24.5 Å². The second-order valence-corrected chi connectivity index (χ2v) is 5.03. The van der Waals surface area contributed by atoms with Crippen molar-refractivity contribution in [2.24, 2.45) is 0 Å². The van der Waals surface area contributed by atoms with Gasteiger partial charge in [0.25, 0.3) is 0 Å². The van der Waals surface area contributed by atoms with Crippen LogP contribution in [0, 0.1) is 0 Å². The molecule has 0 bridgehead atoms. The van der Waals surface area contributed by atoms with Gasteiger partial charge in [0.2, 0.25) is 5.78 Å². The zero-order chi connectivity index (χ0) is 18.8. The average Bonchev–Trinajstić information content (AvgIpc) is 3.05. The Kier molecular flexibility index (Phi) is 8.48. The number of Topliss-reactive ketones (excluding diaryl/α,β-unsaturated/α-hetero) is 1. The maximum absolute atomic E-state index is 11.4. The minimum Gasteiger partial charge on any atom is -0.461 e. The molecule has 0 aromatic carbocycles. The SMILES string of the molecule is CCOC(=O)C(=O)CBr.CCOC(=O)c1cn2cc(C=O)ccc2n1. The van der Waals surface area contributed by atoms with E-state index in [1.54, 1.807) is 42.8 Å². The number of ether oxygens (including phenoxy) is 2. The number of fused-ring (bicyclic) bond motifs is 1. The summed E-state index contributed by atoms with van der Waals surface area (Å²) in [6.07, 6.45) is 3.89. The first-order chi connectivity index (χ1) is 12.0. The highest BCUT2D eigenvalue weighted by Crippen LogP contribution is 2.07. The van der Waals surface area contributed by atoms with E-state index in [4.69, 9.17) is 4.74 Å². The van der Waals surface area contributed by atoms with Gasteiger partial charge in [0, 0.05) is 18.0 Å². The van der Waals surface area contributed by atoms with Crippen LogP contribution >= 0.6 is 15.9 Å². The summed E-state index contributed by atoms with van der Waals surface area (Å²) >= 11 is 2.83. The number of carbonyl (C=O) groups excluding carboxylic acids is 4. The lowest BCUT2D eigenvalue weighted by Gasteiger charge is -1.95. The third-order valence-electron chi connectivity index (χ3n) is 2.72. The molecule has 0 radical (unpaired) electrons. The van der Waals surface area contributed by atoms with Crippen molar-refractivity contribution in [2.45, 2.75) is 13.8 Å². The number of pyridine rings is 1. The molecule has 9 heteroatoms. The molecule has 0 unspecified atom stereocenters. The number of hydrogen-bond acceptors (Lipinski definition) is 7. The first-order valence-electron chi connectivity index (χ1n) is 7.33. The van der Waals surface area contributed by atoms with E-state index in [2.05, 4.69) is 25.7 Å². The van der Waals surface area contributed by atoms with E-state index in [0.29, 0.717) is 17.8 Å². The summed E-state index contributed by atoms with van der Waals surface area (Å²) in [6, 6.07) is 3.32. The molecular formula is C16H17BrN2O6. The van der Waals surface area contributed by atoms with Gasteiger partial charge in [-0.1, -0.05) is 15.9 Å². The Morgan fingerprint density at radius 2 is 1.84 bits per heavy atom. The number of alkyl halides is 1. The highest BCUT2D eigenvalue weighted by molar-refractivity contribution is 9.09. The van der Waals surface area contributed by atoms with Crippen molar-refractivity contribution < 1.29 is 28.7 Å². The fraction of sp³-hybridized carbons (Fsp3) is 0.312. The van der Waals surface area contributed by atoms with E-state index in [9.17, 15) is 19.2 Å². The number of rotatable bonds is 6. The summed E-state index contributed by atoms with van der Waals surface area (Å²) in [6.45, 7) is 3.95. The topological polar surface area (TPSA) is 104 Å². The van der Waals surface area contributed by atoms with Crippen molar-refractivity contribution in [3.05, 3.63) is 35.8 Å². The van der Waals surface area contributed by atoms with Gasteiger partial charge in [-0.25, -0.2) is 14.6 Å². The quantitative estimate of drug-likeness (QED) is 0.308. The number of hydrogen-bond donors (Lipinski definition) is 0. The molecule has 0 saturated heterocycles. The third kappa shape index (κ3) is 6.11.